The van der Waals surface area contributed by atoms with E-state index in [-0.39, 0.29) is 16.3 Å². The highest BCUT2D eigenvalue weighted by Crippen LogP contribution is 2.32. The second-order valence-electron chi connectivity index (χ2n) is 8.30. The van der Waals surface area contributed by atoms with Crippen LogP contribution in [0.4, 0.5) is 18.9 Å². The first-order valence-corrected chi connectivity index (χ1v) is 12.0. The number of aromatic nitrogens is 4. The number of pyridine rings is 1. The molecule has 2 heterocycles. The molecular formula is C26H19Cl2F3N6O2. The Balaban J connectivity index is 1.47. The lowest BCUT2D eigenvalue weighted by Gasteiger charge is -2.17. The van der Waals surface area contributed by atoms with Gasteiger partial charge in [-0.05, 0) is 49.4 Å². The standard InChI is InChI=1S/C26H19Cl2F3N6O2/c1-14(15(2)35-24(38)16-9-17(26(29,30)31)11-18(27)10-16)23-33-13-34-37(23)22-8-7-19(12-32-22)36-25(39)20-5-3-4-6-21(20)28/h3-14H,2H2,1H3,(H,35,38)(H,36,39). The molecule has 1 atom stereocenters. The Bertz CT molecular complexity index is 1550. The lowest BCUT2D eigenvalue weighted by atomic mass is 10.1. The van der Waals surface area contributed by atoms with Gasteiger partial charge >= 0.3 is 6.18 Å². The summed E-state index contributed by atoms with van der Waals surface area (Å²) in [6, 6.07) is 12.4. The van der Waals surface area contributed by atoms with E-state index in [2.05, 4.69) is 32.3 Å². The number of hydrogen-bond acceptors (Lipinski definition) is 5. The third-order valence-electron chi connectivity index (χ3n) is 5.59. The van der Waals surface area contributed by atoms with Crippen LogP contribution >= 0.6 is 23.2 Å². The number of allylic oxidation sites excluding steroid dienone is 1. The van der Waals surface area contributed by atoms with Crippen molar-refractivity contribution >= 4 is 40.7 Å². The molecule has 0 saturated heterocycles. The van der Waals surface area contributed by atoms with Crippen molar-refractivity contribution in [2.24, 2.45) is 0 Å². The van der Waals surface area contributed by atoms with Crippen molar-refractivity contribution in [1.82, 2.24) is 25.1 Å². The maximum atomic E-state index is 13.1. The molecule has 2 N–H and O–H groups in total. The maximum absolute atomic E-state index is 13.1. The molecule has 2 aromatic heterocycles. The zero-order valence-electron chi connectivity index (χ0n) is 20.1. The number of benzene rings is 2. The van der Waals surface area contributed by atoms with Gasteiger partial charge in [-0.25, -0.2) is 9.97 Å². The number of rotatable bonds is 7. The molecule has 8 nitrogen and oxygen atoms in total. The molecule has 0 radical (unpaired) electrons. The SMILES string of the molecule is C=C(NC(=O)c1cc(Cl)cc(C(F)(F)F)c1)C(C)c1ncnn1-c1ccc(NC(=O)c2ccccc2Cl)cn1. The van der Waals surface area contributed by atoms with Crippen molar-refractivity contribution < 1.29 is 22.8 Å². The molecular weight excluding hydrogens is 556 g/mol. The molecule has 200 valence electrons. The van der Waals surface area contributed by atoms with E-state index in [1.807, 2.05) is 0 Å². The molecule has 4 rings (SSSR count). The van der Waals surface area contributed by atoms with E-state index >= 15 is 0 Å². The van der Waals surface area contributed by atoms with E-state index in [1.165, 1.54) is 17.2 Å². The third-order valence-corrected chi connectivity index (χ3v) is 6.13. The Hall–Kier alpha value is -4.22. The predicted octanol–water partition coefficient (Wildman–Crippen LogP) is 6.29. The second-order valence-corrected chi connectivity index (χ2v) is 9.14. The number of nitrogens with one attached hydrogen (secondary N) is 2. The van der Waals surface area contributed by atoms with Crippen LogP contribution in [0.5, 0.6) is 0 Å². The Labute approximate surface area is 230 Å². The molecule has 2 aromatic carbocycles. The summed E-state index contributed by atoms with van der Waals surface area (Å²) in [4.78, 5) is 33.7. The Morgan fingerprint density at radius 1 is 1.03 bits per heavy atom. The number of nitrogens with zero attached hydrogens (tertiary/aromatic N) is 4. The Morgan fingerprint density at radius 2 is 1.77 bits per heavy atom. The molecule has 0 fully saturated rings. The average molecular weight is 575 g/mol. The molecule has 0 aliphatic carbocycles. The first kappa shape index (κ1) is 27.8. The number of anilines is 1. The van der Waals surface area contributed by atoms with Gasteiger partial charge in [0.15, 0.2) is 5.82 Å². The van der Waals surface area contributed by atoms with Crippen LogP contribution in [0.2, 0.25) is 10.0 Å². The van der Waals surface area contributed by atoms with Crippen LogP contribution in [-0.4, -0.2) is 31.6 Å². The summed E-state index contributed by atoms with van der Waals surface area (Å²) in [5.41, 5.74) is -0.443. The highest BCUT2D eigenvalue weighted by Gasteiger charge is 2.32. The summed E-state index contributed by atoms with van der Waals surface area (Å²) in [5, 5.41) is 9.46. The predicted molar refractivity (Wildman–Crippen MR) is 140 cm³/mol. The van der Waals surface area contributed by atoms with Crippen LogP contribution in [0.15, 0.2) is 79.4 Å². The minimum Gasteiger partial charge on any atom is -0.326 e. The number of amides is 2. The van der Waals surface area contributed by atoms with Crippen molar-refractivity contribution in [2.75, 3.05) is 5.32 Å². The highest BCUT2D eigenvalue weighted by molar-refractivity contribution is 6.34. The molecule has 13 heteroatoms. The van der Waals surface area contributed by atoms with Crippen molar-refractivity contribution in [3.05, 3.63) is 112 Å². The fourth-order valence-electron chi connectivity index (χ4n) is 3.52. The van der Waals surface area contributed by atoms with Gasteiger partial charge in [-0.15, -0.1) is 0 Å². The van der Waals surface area contributed by atoms with Crippen LogP contribution in [0.3, 0.4) is 0 Å². The summed E-state index contributed by atoms with van der Waals surface area (Å²) >= 11 is 11.9. The zero-order valence-corrected chi connectivity index (χ0v) is 21.6. The zero-order chi connectivity index (χ0) is 28.3. The third kappa shape index (κ3) is 6.44. The topological polar surface area (TPSA) is 102 Å². The second kappa shape index (κ2) is 11.3. The van der Waals surface area contributed by atoms with E-state index in [1.54, 1.807) is 43.3 Å². The van der Waals surface area contributed by atoms with Gasteiger partial charge < -0.3 is 10.6 Å². The van der Waals surface area contributed by atoms with Crippen molar-refractivity contribution in [2.45, 2.75) is 19.0 Å². The van der Waals surface area contributed by atoms with Crippen LogP contribution in [0.1, 0.15) is 44.9 Å². The van der Waals surface area contributed by atoms with E-state index in [4.69, 9.17) is 23.2 Å². The van der Waals surface area contributed by atoms with Gasteiger partial charge in [0.25, 0.3) is 11.8 Å². The lowest BCUT2D eigenvalue weighted by Crippen LogP contribution is -2.26. The number of hydrogen-bond donors (Lipinski definition) is 2. The van der Waals surface area contributed by atoms with Crippen LogP contribution in [-0.2, 0) is 6.18 Å². The number of halogens is 5. The fraction of sp³-hybridized carbons (Fsp3) is 0.115. The normalized spacial score (nSPS) is 12.1. The molecule has 0 saturated carbocycles. The van der Waals surface area contributed by atoms with Gasteiger partial charge in [0, 0.05) is 16.3 Å². The first-order chi connectivity index (χ1) is 18.4. The van der Waals surface area contributed by atoms with E-state index in [0.29, 0.717) is 34.0 Å². The van der Waals surface area contributed by atoms with Gasteiger partial charge in [0.2, 0.25) is 0 Å². The summed E-state index contributed by atoms with van der Waals surface area (Å²) in [6.07, 6.45) is -1.96. The van der Waals surface area contributed by atoms with E-state index in [0.717, 1.165) is 12.1 Å². The monoisotopic (exact) mass is 574 g/mol. The minimum atomic E-state index is -4.67. The molecule has 0 spiro atoms. The number of carbonyl (C=O) groups is 2. The van der Waals surface area contributed by atoms with Crippen molar-refractivity contribution in [3.63, 3.8) is 0 Å². The first-order valence-electron chi connectivity index (χ1n) is 11.2. The van der Waals surface area contributed by atoms with E-state index in [9.17, 15) is 22.8 Å². The molecule has 4 aromatic rings. The number of carbonyl (C=O) groups excluding carboxylic acids is 2. The highest BCUT2D eigenvalue weighted by atomic mass is 35.5. The van der Waals surface area contributed by atoms with Crippen LogP contribution in [0.25, 0.3) is 5.82 Å². The minimum absolute atomic E-state index is 0.159. The average Bonchev–Trinajstić information content (AvgIpc) is 3.38. The maximum Gasteiger partial charge on any atom is 0.416 e. The van der Waals surface area contributed by atoms with Gasteiger partial charge in [0.1, 0.15) is 12.2 Å². The summed E-state index contributed by atoms with van der Waals surface area (Å²) in [6.45, 7) is 5.52. The lowest BCUT2D eigenvalue weighted by molar-refractivity contribution is -0.137. The molecule has 0 aliphatic rings. The quantitative estimate of drug-likeness (QED) is 0.270. The van der Waals surface area contributed by atoms with E-state index < -0.39 is 29.5 Å². The van der Waals surface area contributed by atoms with Crippen molar-refractivity contribution in [1.29, 1.82) is 0 Å². The van der Waals surface area contributed by atoms with Gasteiger partial charge in [0.05, 0.1) is 34.0 Å². The molecule has 1 unspecified atom stereocenters. The fourth-order valence-corrected chi connectivity index (χ4v) is 3.97. The van der Waals surface area contributed by atoms with Crippen LogP contribution < -0.4 is 10.6 Å². The smallest absolute Gasteiger partial charge is 0.326 e. The van der Waals surface area contributed by atoms with Crippen molar-refractivity contribution in [3.8, 4) is 5.82 Å². The Kier molecular flexibility index (Phi) is 8.03. The molecule has 39 heavy (non-hydrogen) atoms. The van der Waals surface area contributed by atoms with Gasteiger partial charge in [-0.1, -0.05) is 41.9 Å². The van der Waals surface area contributed by atoms with Gasteiger partial charge in [-0.2, -0.15) is 23.0 Å². The van der Waals surface area contributed by atoms with Crippen LogP contribution in [0, 0.1) is 0 Å². The number of alkyl halides is 3. The molecule has 2 amide bonds. The van der Waals surface area contributed by atoms with Gasteiger partial charge in [-0.3, -0.25) is 9.59 Å². The summed E-state index contributed by atoms with van der Waals surface area (Å²) < 4.78 is 40.8. The Morgan fingerprint density at radius 3 is 2.44 bits per heavy atom. The molecule has 0 bridgehead atoms. The molecule has 0 aliphatic heterocycles. The largest absolute Gasteiger partial charge is 0.416 e. The summed E-state index contributed by atoms with van der Waals surface area (Å²) in [7, 11) is 0. The summed E-state index contributed by atoms with van der Waals surface area (Å²) in [5.74, 6) is -1.13.